The Morgan fingerprint density at radius 1 is 1.31 bits per heavy atom. The predicted molar refractivity (Wildman–Crippen MR) is 111 cm³/mol. The molecule has 2 N–H and O–H groups in total. The van der Waals surface area contributed by atoms with Crippen molar-refractivity contribution in [2.24, 2.45) is 0 Å². The fraction of sp³-hybridized carbons (Fsp3) is 0.200. The van der Waals surface area contributed by atoms with Crippen molar-refractivity contribution in [3.63, 3.8) is 0 Å². The summed E-state index contributed by atoms with van der Waals surface area (Å²) in [6, 6.07) is 8.45. The highest BCUT2D eigenvalue weighted by Crippen LogP contribution is 2.28. The van der Waals surface area contributed by atoms with Gasteiger partial charge in [-0.15, -0.1) is 0 Å². The van der Waals surface area contributed by atoms with Crippen molar-refractivity contribution in [3.05, 3.63) is 60.2 Å². The largest absolute Gasteiger partial charge is 0.354 e. The van der Waals surface area contributed by atoms with Gasteiger partial charge in [0.05, 0.1) is 16.2 Å². The lowest BCUT2D eigenvalue weighted by molar-refractivity contribution is -0.117. The van der Waals surface area contributed by atoms with E-state index in [-0.39, 0.29) is 22.7 Å². The molecule has 0 saturated carbocycles. The number of pyridine rings is 1. The van der Waals surface area contributed by atoms with Crippen LogP contribution >= 0.6 is 11.6 Å². The fourth-order valence-electron chi connectivity index (χ4n) is 3.27. The van der Waals surface area contributed by atoms with Crippen LogP contribution in [-0.4, -0.2) is 40.0 Å². The van der Waals surface area contributed by atoms with E-state index in [1.54, 1.807) is 12.1 Å². The first-order chi connectivity index (χ1) is 14.0. The van der Waals surface area contributed by atoms with E-state index in [0.717, 1.165) is 18.8 Å². The summed E-state index contributed by atoms with van der Waals surface area (Å²) in [6.45, 7) is 4.86. The van der Waals surface area contributed by atoms with Crippen LogP contribution in [-0.2, 0) is 4.79 Å². The lowest BCUT2D eigenvalue weighted by Gasteiger charge is -2.18. The number of aromatic nitrogens is 3. The van der Waals surface area contributed by atoms with Gasteiger partial charge in [0.25, 0.3) is 0 Å². The molecule has 7 nitrogen and oxygen atoms in total. The molecule has 3 heterocycles. The average Bonchev–Trinajstić information content (AvgIpc) is 3.19. The van der Waals surface area contributed by atoms with Gasteiger partial charge in [-0.25, -0.2) is 19.3 Å². The molecule has 1 atom stereocenters. The topological polar surface area (TPSA) is 83.0 Å². The maximum absolute atomic E-state index is 14.3. The Morgan fingerprint density at radius 3 is 3.00 bits per heavy atom. The van der Waals surface area contributed by atoms with E-state index in [1.807, 2.05) is 12.1 Å². The lowest BCUT2D eigenvalue weighted by atomic mass is 10.2. The van der Waals surface area contributed by atoms with Crippen molar-refractivity contribution in [2.75, 3.05) is 23.3 Å². The van der Waals surface area contributed by atoms with Crippen molar-refractivity contribution in [1.82, 2.24) is 20.3 Å². The van der Waals surface area contributed by atoms with Crippen LogP contribution in [0, 0.1) is 5.82 Å². The zero-order chi connectivity index (χ0) is 20.4. The normalized spacial score (nSPS) is 16.1. The molecule has 3 aromatic rings. The number of nitrogens with zero attached hydrogens (tertiary/aromatic N) is 4. The van der Waals surface area contributed by atoms with Crippen molar-refractivity contribution < 1.29 is 9.18 Å². The Morgan fingerprint density at radius 2 is 2.17 bits per heavy atom. The van der Waals surface area contributed by atoms with Crippen molar-refractivity contribution in [2.45, 2.75) is 12.5 Å². The van der Waals surface area contributed by atoms with Gasteiger partial charge < -0.3 is 15.5 Å². The first-order valence-corrected chi connectivity index (χ1v) is 9.43. The molecule has 4 rings (SSSR count). The first-order valence-electron chi connectivity index (χ1n) is 9.06. The highest BCUT2D eigenvalue weighted by molar-refractivity contribution is 6.31. The molecule has 1 fully saturated rings. The molecule has 0 unspecified atom stereocenters. The third-order valence-electron chi connectivity index (χ3n) is 4.72. The summed E-state index contributed by atoms with van der Waals surface area (Å²) in [4.78, 5) is 26.8. The summed E-state index contributed by atoms with van der Waals surface area (Å²) in [6.07, 6.45) is 3.47. The highest BCUT2D eigenvalue weighted by Gasteiger charge is 2.24. The molecule has 0 aliphatic carbocycles. The molecular formula is C20H18ClFN6O. The van der Waals surface area contributed by atoms with E-state index in [1.165, 1.54) is 18.5 Å². The van der Waals surface area contributed by atoms with E-state index in [9.17, 15) is 9.18 Å². The van der Waals surface area contributed by atoms with Crippen LogP contribution < -0.4 is 15.5 Å². The second kappa shape index (κ2) is 8.00. The molecular weight excluding hydrogens is 395 g/mol. The Bertz CT molecular complexity index is 1090. The number of rotatable bonds is 5. The highest BCUT2D eigenvalue weighted by atomic mass is 35.5. The molecule has 1 aliphatic heterocycles. The molecule has 148 valence electrons. The predicted octanol–water partition coefficient (Wildman–Crippen LogP) is 3.44. The van der Waals surface area contributed by atoms with E-state index in [4.69, 9.17) is 11.6 Å². The van der Waals surface area contributed by atoms with Gasteiger partial charge >= 0.3 is 0 Å². The summed E-state index contributed by atoms with van der Waals surface area (Å²) in [5.41, 5.74) is 1.35. The molecule has 1 aliphatic rings. The Labute approximate surface area is 171 Å². The second-order valence-corrected chi connectivity index (χ2v) is 7.04. The zero-order valence-electron chi connectivity index (χ0n) is 15.4. The van der Waals surface area contributed by atoms with Crippen molar-refractivity contribution in [3.8, 4) is 0 Å². The third kappa shape index (κ3) is 3.97. The van der Waals surface area contributed by atoms with Gasteiger partial charge in [0, 0.05) is 19.1 Å². The quantitative estimate of drug-likeness (QED) is 0.624. The van der Waals surface area contributed by atoms with Crippen LogP contribution in [0.2, 0.25) is 5.02 Å². The number of amides is 1. The Balaban J connectivity index is 1.62. The fourth-order valence-corrected chi connectivity index (χ4v) is 3.45. The summed E-state index contributed by atoms with van der Waals surface area (Å²) in [7, 11) is 0. The minimum absolute atomic E-state index is 0.0201. The van der Waals surface area contributed by atoms with Gasteiger partial charge in [0.2, 0.25) is 5.91 Å². The van der Waals surface area contributed by atoms with Crippen LogP contribution in [0.15, 0.2) is 49.3 Å². The van der Waals surface area contributed by atoms with Gasteiger partial charge in [-0.3, -0.25) is 4.79 Å². The Hall–Kier alpha value is -3.26. The van der Waals surface area contributed by atoms with E-state index in [2.05, 4.69) is 37.1 Å². The number of carbonyl (C=O) groups excluding carboxylic acids is 1. The van der Waals surface area contributed by atoms with E-state index < -0.39 is 5.82 Å². The zero-order valence-corrected chi connectivity index (χ0v) is 16.2. The molecule has 1 aromatic carbocycles. The SMILES string of the molecule is C=CC(=O)N[C@H]1CCN(c2ccc3ncnc(Nc4cccc(Cl)c4F)c3n2)C1. The molecule has 0 bridgehead atoms. The van der Waals surface area contributed by atoms with Gasteiger partial charge in [-0.1, -0.05) is 24.2 Å². The number of benzene rings is 1. The molecule has 0 radical (unpaired) electrons. The maximum Gasteiger partial charge on any atom is 0.243 e. The molecule has 9 heteroatoms. The van der Waals surface area contributed by atoms with Crippen LogP contribution in [0.1, 0.15) is 6.42 Å². The number of halogens is 2. The molecule has 29 heavy (non-hydrogen) atoms. The maximum atomic E-state index is 14.3. The standard InChI is InChI=1S/C20H18ClFN6O/c1-2-17(29)25-12-8-9-28(10-12)16-7-6-15-19(27-16)20(24-11-23-15)26-14-5-3-4-13(21)18(14)22/h2-7,11-12H,1,8-10H2,(H,25,29)(H,23,24,26)/t12-/m0/s1. The third-order valence-corrected chi connectivity index (χ3v) is 5.01. The molecule has 1 saturated heterocycles. The number of anilines is 3. The van der Waals surface area contributed by atoms with Crippen molar-refractivity contribution in [1.29, 1.82) is 0 Å². The van der Waals surface area contributed by atoms with Crippen LogP contribution in [0.25, 0.3) is 11.0 Å². The molecule has 2 aromatic heterocycles. The van der Waals surface area contributed by atoms with Gasteiger partial charge in [-0.05, 0) is 36.8 Å². The van der Waals surface area contributed by atoms with Crippen LogP contribution in [0.5, 0.6) is 0 Å². The summed E-state index contributed by atoms with van der Waals surface area (Å²) < 4.78 is 14.3. The van der Waals surface area contributed by atoms with E-state index >= 15 is 0 Å². The number of fused-ring (bicyclic) bond motifs is 1. The van der Waals surface area contributed by atoms with Crippen LogP contribution in [0.4, 0.5) is 21.7 Å². The first kappa shape index (κ1) is 19.1. The number of hydrogen-bond acceptors (Lipinski definition) is 6. The number of nitrogens with one attached hydrogen (secondary N) is 2. The van der Waals surface area contributed by atoms with Crippen LogP contribution in [0.3, 0.4) is 0 Å². The second-order valence-electron chi connectivity index (χ2n) is 6.63. The molecule has 0 spiro atoms. The van der Waals surface area contributed by atoms with Crippen molar-refractivity contribution >= 4 is 45.9 Å². The summed E-state index contributed by atoms with van der Waals surface area (Å²) >= 11 is 5.86. The van der Waals surface area contributed by atoms with Gasteiger partial charge in [0.1, 0.15) is 17.7 Å². The summed E-state index contributed by atoms with van der Waals surface area (Å²) in [5, 5.41) is 5.88. The van der Waals surface area contributed by atoms with Gasteiger partial charge in [0.15, 0.2) is 11.6 Å². The minimum Gasteiger partial charge on any atom is -0.354 e. The summed E-state index contributed by atoms with van der Waals surface area (Å²) in [5.74, 6) is 0.371. The van der Waals surface area contributed by atoms with E-state index in [0.29, 0.717) is 23.4 Å². The smallest absolute Gasteiger partial charge is 0.243 e. The average molecular weight is 413 g/mol. The number of hydrogen-bond donors (Lipinski definition) is 2. The monoisotopic (exact) mass is 412 g/mol. The minimum atomic E-state index is -0.558. The Kier molecular flexibility index (Phi) is 5.26. The lowest BCUT2D eigenvalue weighted by Crippen LogP contribution is -2.36. The molecule has 1 amide bonds. The number of carbonyl (C=O) groups is 1. The van der Waals surface area contributed by atoms with Gasteiger partial charge in [-0.2, -0.15) is 0 Å².